The van der Waals surface area contributed by atoms with Gasteiger partial charge in [-0.25, -0.2) is 0 Å². The van der Waals surface area contributed by atoms with E-state index >= 15 is 0 Å². The van der Waals surface area contributed by atoms with Crippen molar-refractivity contribution in [3.63, 3.8) is 0 Å². The second-order valence-electron chi connectivity index (χ2n) is 4.77. The number of amides is 1. The molecule has 0 bridgehead atoms. The Labute approximate surface area is 147 Å². The lowest BCUT2D eigenvalue weighted by molar-refractivity contribution is -0.120. The molecule has 0 heterocycles. The highest BCUT2D eigenvalue weighted by atomic mass is 79.9. The molecule has 0 aliphatic carbocycles. The van der Waals surface area contributed by atoms with Gasteiger partial charge >= 0.3 is 0 Å². The Morgan fingerprint density at radius 3 is 2.83 bits per heavy atom. The van der Waals surface area contributed by atoms with E-state index in [0.29, 0.717) is 16.3 Å². The van der Waals surface area contributed by atoms with Crippen LogP contribution in [-0.2, 0) is 9.63 Å². The molecule has 0 aliphatic heterocycles. The summed E-state index contributed by atoms with van der Waals surface area (Å²) in [5.41, 5.74) is 8.10. The third-order valence-electron chi connectivity index (χ3n) is 2.92. The van der Waals surface area contributed by atoms with Crippen LogP contribution in [0.5, 0.6) is 0 Å². The van der Waals surface area contributed by atoms with Gasteiger partial charge in [-0.3, -0.25) is 4.79 Å². The molecule has 0 saturated carbocycles. The normalized spacial score (nSPS) is 11.2. The van der Waals surface area contributed by atoms with Crippen molar-refractivity contribution in [2.24, 2.45) is 10.9 Å². The van der Waals surface area contributed by atoms with E-state index in [9.17, 15) is 4.79 Å². The largest absolute Gasteiger partial charge is 0.384 e. The predicted octanol–water partition coefficient (Wildman–Crippen LogP) is 3.69. The van der Waals surface area contributed by atoms with Crippen LogP contribution in [0, 0.1) is 6.92 Å². The molecule has 0 saturated heterocycles. The highest BCUT2D eigenvalue weighted by molar-refractivity contribution is 9.10. The molecule has 2 rings (SSSR count). The molecule has 2 aromatic rings. The second-order valence-corrected chi connectivity index (χ2v) is 6.06. The van der Waals surface area contributed by atoms with Crippen molar-refractivity contribution in [1.82, 2.24) is 0 Å². The minimum absolute atomic E-state index is 0.153. The van der Waals surface area contributed by atoms with Gasteiger partial charge in [0.05, 0.1) is 0 Å². The molecular formula is C16H15BrClN3O2. The van der Waals surface area contributed by atoms with Gasteiger partial charge in [-0.05, 0) is 42.8 Å². The Bertz CT molecular complexity index is 750. The van der Waals surface area contributed by atoms with Crippen LogP contribution >= 0.6 is 27.5 Å². The molecular weight excluding hydrogens is 382 g/mol. The van der Waals surface area contributed by atoms with Gasteiger partial charge in [0, 0.05) is 20.7 Å². The first kappa shape index (κ1) is 17.3. The number of halogens is 2. The van der Waals surface area contributed by atoms with Crippen molar-refractivity contribution in [2.45, 2.75) is 6.92 Å². The molecule has 120 valence electrons. The highest BCUT2D eigenvalue weighted by Crippen LogP contribution is 2.19. The van der Waals surface area contributed by atoms with Crippen LogP contribution in [-0.4, -0.2) is 18.3 Å². The van der Waals surface area contributed by atoms with Crippen molar-refractivity contribution >= 4 is 45.0 Å². The zero-order valence-corrected chi connectivity index (χ0v) is 14.7. The zero-order chi connectivity index (χ0) is 16.8. The summed E-state index contributed by atoms with van der Waals surface area (Å²) < 4.78 is 0.977. The van der Waals surface area contributed by atoms with E-state index in [0.717, 1.165) is 10.0 Å². The number of nitrogens with two attached hydrogens (primary N) is 1. The molecule has 0 radical (unpaired) electrons. The van der Waals surface area contributed by atoms with E-state index in [2.05, 4.69) is 26.4 Å². The Hall–Kier alpha value is -2.05. The van der Waals surface area contributed by atoms with Crippen molar-refractivity contribution in [2.75, 3.05) is 11.9 Å². The number of oxime groups is 1. The standard InChI is InChI=1S/C16H15BrClN3O2/c1-10-7-13(5-6-14(10)17)20-15(22)9-23-21-16(19)11-3-2-4-12(18)8-11/h2-8H,9H2,1H3,(H2,19,21)(H,20,22). The molecule has 2 aromatic carbocycles. The summed E-state index contributed by atoms with van der Waals surface area (Å²) in [5, 5.41) is 6.98. The number of anilines is 1. The number of benzene rings is 2. The second kappa shape index (κ2) is 7.99. The number of amidine groups is 1. The maximum absolute atomic E-state index is 11.8. The highest BCUT2D eigenvalue weighted by Gasteiger charge is 2.05. The van der Waals surface area contributed by atoms with E-state index in [-0.39, 0.29) is 18.3 Å². The van der Waals surface area contributed by atoms with Crippen LogP contribution < -0.4 is 11.1 Å². The van der Waals surface area contributed by atoms with Gasteiger partial charge in [0.15, 0.2) is 12.4 Å². The SMILES string of the molecule is Cc1cc(NC(=O)CO/N=C(\N)c2cccc(Cl)c2)ccc1Br. The Morgan fingerprint density at radius 1 is 1.35 bits per heavy atom. The Balaban J connectivity index is 1.89. The zero-order valence-electron chi connectivity index (χ0n) is 12.3. The number of carbonyl (C=O) groups excluding carboxylic acids is 1. The number of hydrogen-bond donors (Lipinski definition) is 2. The van der Waals surface area contributed by atoms with Crippen LogP contribution in [0.1, 0.15) is 11.1 Å². The maximum Gasteiger partial charge on any atom is 0.265 e. The summed E-state index contributed by atoms with van der Waals surface area (Å²) >= 11 is 9.27. The number of hydrogen-bond acceptors (Lipinski definition) is 3. The summed E-state index contributed by atoms with van der Waals surface area (Å²) in [6.07, 6.45) is 0. The van der Waals surface area contributed by atoms with E-state index < -0.39 is 0 Å². The molecule has 7 heteroatoms. The van der Waals surface area contributed by atoms with Gasteiger partial charge in [0.2, 0.25) is 0 Å². The average molecular weight is 397 g/mol. The summed E-state index contributed by atoms with van der Waals surface area (Å²) in [6.45, 7) is 1.70. The predicted molar refractivity (Wildman–Crippen MR) is 95.6 cm³/mol. The third-order valence-corrected chi connectivity index (χ3v) is 4.05. The fraction of sp³-hybridized carbons (Fsp3) is 0.125. The fourth-order valence-corrected chi connectivity index (χ4v) is 2.22. The lowest BCUT2D eigenvalue weighted by Gasteiger charge is -2.07. The molecule has 23 heavy (non-hydrogen) atoms. The minimum atomic E-state index is -0.325. The molecule has 0 aromatic heterocycles. The Kier molecular flexibility index (Phi) is 6.01. The molecule has 0 aliphatic rings. The van der Waals surface area contributed by atoms with Crippen LogP contribution in [0.2, 0.25) is 5.02 Å². The van der Waals surface area contributed by atoms with Gasteiger partial charge in [0.25, 0.3) is 5.91 Å². The first-order valence-corrected chi connectivity index (χ1v) is 7.90. The van der Waals surface area contributed by atoms with Crippen molar-refractivity contribution in [3.8, 4) is 0 Å². The van der Waals surface area contributed by atoms with Crippen LogP contribution in [0.4, 0.5) is 5.69 Å². The van der Waals surface area contributed by atoms with Gasteiger partial charge < -0.3 is 15.9 Å². The number of rotatable bonds is 5. The third kappa shape index (κ3) is 5.26. The summed E-state index contributed by atoms with van der Waals surface area (Å²) in [6, 6.07) is 12.4. The summed E-state index contributed by atoms with van der Waals surface area (Å²) in [4.78, 5) is 16.8. The van der Waals surface area contributed by atoms with Crippen molar-refractivity contribution < 1.29 is 9.63 Å². The van der Waals surface area contributed by atoms with Gasteiger partial charge in [-0.2, -0.15) is 0 Å². The molecule has 3 N–H and O–H groups in total. The summed E-state index contributed by atoms with van der Waals surface area (Å²) in [7, 11) is 0. The minimum Gasteiger partial charge on any atom is -0.384 e. The van der Waals surface area contributed by atoms with Gasteiger partial charge in [0.1, 0.15) is 0 Å². The average Bonchev–Trinajstić information content (AvgIpc) is 2.51. The van der Waals surface area contributed by atoms with E-state index in [4.69, 9.17) is 22.2 Å². The first-order valence-electron chi connectivity index (χ1n) is 6.73. The number of carbonyl (C=O) groups is 1. The molecule has 0 spiro atoms. The monoisotopic (exact) mass is 395 g/mol. The number of nitrogens with zero attached hydrogens (tertiary/aromatic N) is 1. The van der Waals surface area contributed by atoms with Crippen LogP contribution in [0.3, 0.4) is 0 Å². The molecule has 0 fully saturated rings. The van der Waals surface area contributed by atoms with E-state index in [1.165, 1.54) is 0 Å². The molecule has 5 nitrogen and oxygen atoms in total. The van der Waals surface area contributed by atoms with E-state index in [1.807, 2.05) is 19.1 Å². The lowest BCUT2D eigenvalue weighted by atomic mass is 10.2. The molecule has 0 atom stereocenters. The van der Waals surface area contributed by atoms with Crippen molar-refractivity contribution in [3.05, 3.63) is 63.1 Å². The fourth-order valence-electron chi connectivity index (χ4n) is 1.78. The smallest absolute Gasteiger partial charge is 0.265 e. The lowest BCUT2D eigenvalue weighted by Crippen LogP contribution is -2.19. The van der Waals surface area contributed by atoms with Crippen LogP contribution in [0.15, 0.2) is 52.1 Å². The van der Waals surface area contributed by atoms with Gasteiger partial charge in [-0.1, -0.05) is 44.8 Å². The maximum atomic E-state index is 11.8. The number of aryl methyl sites for hydroxylation is 1. The number of nitrogens with one attached hydrogen (secondary N) is 1. The summed E-state index contributed by atoms with van der Waals surface area (Å²) in [5.74, 6) is -0.172. The quantitative estimate of drug-likeness (QED) is 0.460. The molecule has 1 amide bonds. The van der Waals surface area contributed by atoms with Crippen molar-refractivity contribution in [1.29, 1.82) is 0 Å². The van der Waals surface area contributed by atoms with Gasteiger partial charge in [-0.15, -0.1) is 0 Å². The topological polar surface area (TPSA) is 76.7 Å². The van der Waals surface area contributed by atoms with E-state index in [1.54, 1.807) is 30.3 Å². The Morgan fingerprint density at radius 2 is 2.13 bits per heavy atom. The first-order chi connectivity index (χ1) is 11.0. The van der Waals surface area contributed by atoms with Crippen LogP contribution in [0.25, 0.3) is 0 Å². The molecule has 0 unspecified atom stereocenters.